The minimum absolute atomic E-state index is 0.136. The van der Waals surface area contributed by atoms with Gasteiger partial charge in [-0.3, -0.25) is 9.20 Å². The van der Waals surface area contributed by atoms with E-state index in [0.717, 1.165) is 28.3 Å². The number of allylic oxidation sites excluding steroid dienone is 1. The SMILES string of the molecule is CC(C)=CC(=O)Nc1cccc(-c2nnc3ccccn23)c1. The second-order valence-corrected chi connectivity index (χ2v) is 5.24. The molecule has 2 heterocycles. The number of carbonyl (C=O) groups is 1. The average Bonchev–Trinajstić information content (AvgIpc) is 2.90. The molecule has 3 aromatic rings. The molecule has 0 atom stereocenters. The number of benzene rings is 1. The predicted octanol–water partition coefficient (Wildman–Crippen LogP) is 3.30. The number of nitrogens with zero attached hydrogens (tertiary/aromatic N) is 3. The lowest BCUT2D eigenvalue weighted by Crippen LogP contribution is -2.08. The van der Waals surface area contributed by atoms with Crippen LogP contribution in [0, 0.1) is 0 Å². The zero-order chi connectivity index (χ0) is 15.5. The summed E-state index contributed by atoms with van der Waals surface area (Å²) < 4.78 is 1.91. The van der Waals surface area contributed by atoms with Crippen molar-refractivity contribution in [3.05, 3.63) is 60.3 Å². The number of fused-ring (bicyclic) bond motifs is 1. The van der Waals surface area contributed by atoms with Crippen LogP contribution in [0.15, 0.2) is 60.3 Å². The van der Waals surface area contributed by atoms with Gasteiger partial charge in [-0.05, 0) is 38.1 Å². The fourth-order valence-electron chi connectivity index (χ4n) is 2.21. The average molecular weight is 292 g/mol. The van der Waals surface area contributed by atoms with Crippen molar-refractivity contribution in [2.75, 3.05) is 5.32 Å². The van der Waals surface area contributed by atoms with Crippen molar-refractivity contribution >= 4 is 17.2 Å². The number of pyridine rings is 1. The molecule has 22 heavy (non-hydrogen) atoms. The van der Waals surface area contributed by atoms with E-state index in [1.54, 1.807) is 6.08 Å². The lowest BCUT2D eigenvalue weighted by Gasteiger charge is -2.05. The zero-order valence-corrected chi connectivity index (χ0v) is 12.4. The molecule has 1 N–H and O–H groups in total. The minimum atomic E-state index is -0.136. The van der Waals surface area contributed by atoms with Crippen LogP contribution in [0.5, 0.6) is 0 Å². The third kappa shape index (κ3) is 2.88. The predicted molar refractivity (Wildman–Crippen MR) is 86.5 cm³/mol. The van der Waals surface area contributed by atoms with Gasteiger partial charge >= 0.3 is 0 Å². The van der Waals surface area contributed by atoms with Gasteiger partial charge in [0.2, 0.25) is 5.91 Å². The molecule has 0 aliphatic carbocycles. The van der Waals surface area contributed by atoms with Crippen LogP contribution in [0.25, 0.3) is 17.0 Å². The summed E-state index contributed by atoms with van der Waals surface area (Å²) in [6.07, 6.45) is 3.48. The molecule has 5 heteroatoms. The smallest absolute Gasteiger partial charge is 0.248 e. The van der Waals surface area contributed by atoms with Gasteiger partial charge in [-0.2, -0.15) is 0 Å². The van der Waals surface area contributed by atoms with Crippen molar-refractivity contribution < 1.29 is 4.79 Å². The summed E-state index contributed by atoms with van der Waals surface area (Å²) in [5.74, 6) is 0.608. The first kappa shape index (κ1) is 14.0. The van der Waals surface area contributed by atoms with E-state index in [-0.39, 0.29) is 5.91 Å². The fourth-order valence-corrected chi connectivity index (χ4v) is 2.21. The number of anilines is 1. The zero-order valence-electron chi connectivity index (χ0n) is 12.4. The number of hydrogen-bond donors (Lipinski definition) is 1. The minimum Gasteiger partial charge on any atom is -0.322 e. The van der Waals surface area contributed by atoms with Crippen LogP contribution in [-0.4, -0.2) is 20.5 Å². The van der Waals surface area contributed by atoms with E-state index in [9.17, 15) is 4.79 Å². The lowest BCUT2D eigenvalue weighted by molar-refractivity contribution is -0.111. The Kier molecular flexibility index (Phi) is 3.70. The molecule has 0 fully saturated rings. The van der Waals surface area contributed by atoms with Crippen LogP contribution in [0.2, 0.25) is 0 Å². The maximum atomic E-state index is 11.8. The van der Waals surface area contributed by atoms with Crippen molar-refractivity contribution in [2.45, 2.75) is 13.8 Å². The van der Waals surface area contributed by atoms with Gasteiger partial charge in [-0.1, -0.05) is 23.8 Å². The number of carbonyl (C=O) groups excluding carboxylic acids is 1. The van der Waals surface area contributed by atoms with Crippen molar-refractivity contribution in [1.29, 1.82) is 0 Å². The van der Waals surface area contributed by atoms with Crippen LogP contribution in [0.1, 0.15) is 13.8 Å². The molecule has 0 bridgehead atoms. The van der Waals surface area contributed by atoms with Gasteiger partial charge in [0, 0.05) is 23.5 Å². The maximum Gasteiger partial charge on any atom is 0.248 e. The van der Waals surface area contributed by atoms with Gasteiger partial charge in [0.05, 0.1) is 0 Å². The van der Waals surface area contributed by atoms with E-state index in [4.69, 9.17) is 0 Å². The second-order valence-electron chi connectivity index (χ2n) is 5.24. The molecule has 0 radical (unpaired) electrons. The first-order chi connectivity index (χ1) is 10.6. The normalized spacial score (nSPS) is 10.5. The molecule has 3 rings (SSSR count). The Morgan fingerprint density at radius 1 is 1.14 bits per heavy atom. The first-order valence-corrected chi connectivity index (χ1v) is 6.99. The van der Waals surface area contributed by atoms with Crippen molar-refractivity contribution in [3.63, 3.8) is 0 Å². The Balaban J connectivity index is 1.94. The molecule has 0 saturated heterocycles. The molecule has 0 aliphatic heterocycles. The Morgan fingerprint density at radius 2 is 2.00 bits per heavy atom. The summed E-state index contributed by atoms with van der Waals surface area (Å²) in [4.78, 5) is 11.8. The highest BCUT2D eigenvalue weighted by atomic mass is 16.1. The molecular weight excluding hydrogens is 276 g/mol. The summed E-state index contributed by atoms with van der Waals surface area (Å²) in [5.41, 5.74) is 3.37. The van der Waals surface area contributed by atoms with E-state index in [0.29, 0.717) is 0 Å². The van der Waals surface area contributed by atoms with Crippen LogP contribution in [0.4, 0.5) is 5.69 Å². The molecule has 0 saturated carbocycles. The third-order valence-corrected chi connectivity index (χ3v) is 3.12. The molecule has 1 amide bonds. The van der Waals surface area contributed by atoms with E-state index in [1.165, 1.54) is 0 Å². The summed E-state index contributed by atoms with van der Waals surface area (Å²) in [6.45, 7) is 3.77. The largest absolute Gasteiger partial charge is 0.322 e. The second kappa shape index (κ2) is 5.81. The van der Waals surface area contributed by atoms with Crippen LogP contribution < -0.4 is 5.32 Å². The molecule has 1 aromatic carbocycles. The van der Waals surface area contributed by atoms with Crippen molar-refractivity contribution in [1.82, 2.24) is 14.6 Å². The highest BCUT2D eigenvalue weighted by Gasteiger charge is 2.08. The third-order valence-electron chi connectivity index (χ3n) is 3.12. The Hall–Kier alpha value is -2.95. The number of rotatable bonds is 3. The Labute approximate surface area is 128 Å². The summed E-state index contributed by atoms with van der Waals surface area (Å²) >= 11 is 0. The van der Waals surface area contributed by atoms with Gasteiger partial charge in [0.15, 0.2) is 11.5 Å². The van der Waals surface area contributed by atoms with E-state index in [1.807, 2.05) is 66.9 Å². The monoisotopic (exact) mass is 292 g/mol. The number of amides is 1. The Bertz CT molecular complexity index is 860. The summed E-state index contributed by atoms with van der Waals surface area (Å²) in [7, 11) is 0. The highest BCUT2D eigenvalue weighted by Crippen LogP contribution is 2.21. The highest BCUT2D eigenvalue weighted by molar-refractivity contribution is 6.00. The topological polar surface area (TPSA) is 59.3 Å². The van der Waals surface area contributed by atoms with Gasteiger partial charge in [0.25, 0.3) is 0 Å². The maximum absolute atomic E-state index is 11.8. The van der Waals surface area contributed by atoms with E-state index >= 15 is 0 Å². The molecule has 0 unspecified atom stereocenters. The first-order valence-electron chi connectivity index (χ1n) is 6.99. The Morgan fingerprint density at radius 3 is 2.82 bits per heavy atom. The van der Waals surface area contributed by atoms with Crippen LogP contribution in [0.3, 0.4) is 0 Å². The lowest BCUT2D eigenvalue weighted by atomic mass is 10.2. The van der Waals surface area contributed by atoms with Gasteiger partial charge in [0.1, 0.15) is 0 Å². The van der Waals surface area contributed by atoms with Gasteiger partial charge in [-0.15, -0.1) is 10.2 Å². The molecule has 5 nitrogen and oxygen atoms in total. The van der Waals surface area contributed by atoms with Crippen molar-refractivity contribution in [3.8, 4) is 11.4 Å². The van der Waals surface area contributed by atoms with E-state index < -0.39 is 0 Å². The van der Waals surface area contributed by atoms with Crippen LogP contribution in [-0.2, 0) is 4.79 Å². The summed E-state index contributed by atoms with van der Waals surface area (Å²) in [6, 6.07) is 13.3. The molecule has 0 spiro atoms. The number of nitrogens with one attached hydrogen (secondary N) is 1. The number of hydrogen-bond acceptors (Lipinski definition) is 3. The molecule has 0 aliphatic rings. The quantitative estimate of drug-likeness (QED) is 0.753. The van der Waals surface area contributed by atoms with Gasteiger partial charge < -0.3 is 5.32 Å². The molecular formula is C17H16N4O. The van der Waals surface area contributed by atoms with E-state index in [2.05, 4.69) is 15.5 Å². The fraction of sp³-hybridized carbons (Fsp3) is 0.118. The molecule has 110 valence electrons. The number of aromatic nitrogens is 3. The van der Waals surface area contributed by atoms with Crippen molar-refractivity contribution in [2.24, 2.45) is 0 Å². The van der Waals surface area contributed by atoms with Gasteiger partial charge in [-0.25, -0.2) is 0 Å². The summed E-state index contributed by atoms with van der Waals surface area (Å²) in [5, 5.41) is 11.2. The standard InChI is InChI=1S/C17H16N4O/c1-12(2)10-16(22)18-14-7-5-6-13(11-14)17-20-19-15-8-3-4-9-21(15)17/h3-11H,1-2H3,(H,18,22). The molecule has 2 aromatic heterocycles. The van der Waals surface area contributed by atoms with Crippen LogP contribution >= 0.6 is 0 Å².